The summed E-state index contributed by atoms with van der Waals surface area (Å²) in [5.41, 5.74) is -1.08. The number of rotatable bonds is 3. The number of aromatic nitrogens is 4. The fraction of sp³-hybridized carbons (Fsp3) is 0.500. The Morgan fingerprint density at radius 2 is 1.83 bits per heavy atom. The molecule has 0 aliphatic carbocycles. The summed E-state index contributed by atoms with van der Waals surface area (Å²) in [5, 5.41) is 4.00. The van der Waals surface area contributed by atoms with Crippen molar-refractivity contribution in [2.24, 2.45) is 7.05 Å². The predicted molar refractivity (Wildman–Crippen MR) is 77.7 cm³/mol. The highest BCUT2D eigenvalue weighted by molar-refractivity contribution is 5.42. The molecule has 6 nitrogen and oxygen atoms in total. The van der Waals surface area contributed by atoms with Crippen molar-refractivity contribution in [3.8, 4) is 0 Å². The van der Waals surface area contributed by atoms with Crippen LogP contribution in [0.5, 0.6) is 0 Å². The first-order valence-electron chi connectivity index (χ1n) is 7.37. The standard InChI is InChI=1S/C14H16F4N6/c1-22-12(20-9-21-22)8-23-2-4-24(5-3-23)13-11(15)6-10(7-19-13)14(16,17)18/h6-7,9H,2-5,8H2,1H3. The maximum Gasteiger partial charge on any atom is 0.417 e. The van der Waals surface area contributed by atoms with Crippen molar-refractivity contribution in [2.45, 2.75) is 12.7 Å². The first kappa shape index (κ1) is 16.6. The molecule has 1 saturated heterocycles. The Labute approximate surface area is 135 Å². The minimum Gasteiger partial charge on any atom is -0.352 e. The fourth-order valence-corrected chi connectivity index (χ4v) is 2.60. The van der Waals surface area contributed by atoms with Gasteiger partial charge in [-0.15, -0.1) is 0 Å². The van der Waals surface area contributed by atoms with Gasteiger partial charge in [-0.3, -0.25) is 9.58 Å². The zero-order valence-electron chi connectivity index (χ0n) is 13.0. The molecule has 0 atom stereocenters. The highest BCUT2D eigenvalue weighted by Crippen LogP contribution is 2.31. The van der Waals surface area contributed by atoms with Crippen molar-refractivity contribution in [2.75, 3.05) is 31.1 Å². The third kappa shape index (κ3) is 3.48. The summed E-state index contributed by atoms with van der Waals surface area (Å²) >= 11 is 0. The van der Waals surface area contributed by atoms with E-state index in [1.807, 2.05) is 0 Å². The molecule has 1 aliphatic heterocycles. The van der Waals surface area contributed by atoms with Gasteiger partial charge in [-0.05, 0) is 6.07 Å². The smallest absolute Gasteiger partial charge is 0.352 e. The van der Waals surface area contributed by atoms with Gasteiger partial charge in [0.05, 0.1) is 12.1 Å². The molecule has 0 amide bonds. The van der Waals surface area contributed by atoms with Crippen LogP contribution in [0, 0.1) is 5.82 Å². The summed E-state index contributed by atoms with van der Waals surface area (Å²) in [5.74, 6) is -0.171. The molecule has 1 fully saturated rings. The van der Waals surface area contributed by atoms with Gasteiger partial charge in [-0.2, -0.15) is 18.3 Å². The summed E-state index contributed by atoms with van der Waals surface area (Å²) in [4.78, 5) is 11.6. The van der Waals surface area contributed by atoms with Gasteiger partial charge >= 0.3 is 6.18 Å². The van der Waals surface area contributed by atoms with Crippen molar-refractivity contribution in [1.82, 2.24) is 24.6 Å². The number of nitrogens with zero attached hydrogens (tertiary/aromatic N) is 6. The average Bonchev–Trinajstić information content (AvgIpc) is 2.92. The van der Waals surface area contributed by atoms with Gasteiger partial charge in [0.2, 0.25) is 0 Å². The molecule has 3 rings (SSSR count). The normalized spacial score (nSPS) is 16.6. The molecule has 0 bridgehead atoms. The molecule has 24 heavy (non-hydrogen) atoms. The third-order valence-electron chi connectivity index (χ3n) is 3.99. The second kappa shape index (κ2) is 6.34. The van der Waals surface area contributed by atoms with Crippen LogP contribution >= 0.6 is 0 Å². The highest BCUT2D eigenvalue weighted by atomic mass is 19.4. The quantitative estimate of drug-likeness (QED) is 0.793. The zero-order chi connectivity index (χ0) is 17.3. The highest BCUT2D eigenvalue weighted by Gasteiger charge is 2.32. The largest absolute Gasteiger partial charge is 0.417 e. The molecule has 130 valence electrons. The molecule has 2 aromatic rings. The second-order valence-corrected chi connectivity index (χ2v) is 5.59. The summed E-state index contributed by atoms with van der Waals surface area (Å²) in [7, 11) is 1.81. The Balaban J connectivity index is 1.63. The number of aryl methyl sites for hydroxylation is 1. The van der Waals surface area contributed by atoms with Gasteiger partial charge in [0.1, 0.15) is 12.2 Å². The van der Waals surface area contributed by atoms with Crippen LogP contribution in [0.15, 0.2) is 18.6 Å². The number of anilines is 1. The molecule has 0 unspecified atom stereocenters. The zero-order valence-corrected chi connectivity index (χ0v) is 13.0. The summed E-state index contributed by atoms with van der Waals surface area (Å²) in [6, 6.07) is 0.494. The maximum absolute atomic E-state index is 14.0. The first-order chi connectivity index (χ1) is 11.3. The fourth-order valence-electron chi connectivity index (χ4n) is 2.60. The van der Waals surface area contributed by atoms with Gasteiger partial charge in [-0.25, -0.2) is 14.4 Å². The van der Waals surface area contributed by atoms with E-state index in [4.69, 9.17) is 0 Å². The minimum atomic E-state index is -4.60. The van der Waals surface area contributed by atoms with E-state index in [0.29, 0.717) is 45.0 Å². The lowest BCUT2D eigenvalue weighted by Gasteiger charge is -2.35. The van der Waals surface area contributed by atoms with E-state index in [0.717, 1.165) is 5.82 Å². The van der Waals surface area contributed by atoms with Gasteiger partial charge in [0.15, 0.2) is 11.6 Å². The molecule has 10 heteroatoms. The van der Waals surface area contributed by atoms with Crippen LogP contribution in [-0.2, 0) is 19.8 Å². The summed E-state index contributed by atoms with van der Waals surface area (Å²) < 4.78 is 53.4. The van der Waals surface area contributed by atoms with E-state index in [9.17, 15) is 17.6 Å². The van der Waals surface area contributed by atoms with Gasteiger partial charge in [0.25, 0.3) is 0 Å². The van der Waals surface area contributed by atoms with E-state index in [2.05, 4.69) is 20.0 Å². The van der Waals surface area contributed by atoms with E-state index >= 15 is 0 Å². The van der Waals surface area contributed by atoms with Crippen LogP contribution in [0.1, 0.15) is 11.4 Å². The Morgan fingerprint density at radius 1 is 1.12 bits per heavy atom. The Morgan fingerprint density at radius 3 is 2.38 bits per heavy atom. The number of halogens is 4. The van der Waals surface area contributed by atoms with Crippen molar-refractivity contribution in [1.29, 1.82) is 0 Å². The van der Waals surface area contributed by atoms with Crippen molar-refractivity contribution in [3.05, 3.63) is 35.8 Å². The van der Waals surface area contributed by atoms with E-state index in [-0.39, 0.29) is 5.82 Å². The summed E-state index contributed by atoms with van der Waals surface area (Å²) in [6.07, 6.45) is -2.45. The van der Waals surface area contributed by atoms with Crippen LogP contribution < -0.4 is 4.90 Å². The molecule has 0 N–H and O–H groups in total. The molecule has 0 aromatic carbocycles. The van der Waals surface area contributed by atoms with Crippen LogP contribution in [0.4, 0.5) is 23.4 Å². The average molecular weight is 344 g/mol. The van der Waals surface area contributed by atoms with Gasteiger partial charge in [-0.1, -0.05) is 0 Å². The Bertz CT molecular complexity index is 706. The lowest BCUT2D eigenvalue weighted by atomic mass is 10.2. The molecule has 3 heterocycles. The van der Waals surface area contributed by atoms with Crippen LogP contribution in [0.25, 0.3) is 0 Å². The topological polar surface area (TPSA) is 50.1 Å². The maximum atomic E-state index is 14.0. The molecule has 0 saturated carbocycles. The van der Waals surface area contributed by atoms with E-state index in [1.165, 1.54) is 6.33 Å². The van der Waals surface area contributed by atoms with Gasteiger partial charge in [0, 0.05) is 39.4 Å². The number of alkyl halides is 3. The SMILES string of the molecule is Cn1ncnc1CN1CCN(c2ncc(C(F)(F)F)cc2F)CC1. The van der Waals surface area contributed by atoms with Gasteiger partial charge < -0.3 is 4.90 Å². The van der Waals surface area contributed by atoms with Crippen molar-refractivity contribution < 1.29 is 17.6 Å². The monoisotopic (exact) mass is 344 g/mol. The number of pyridine rings is 1. The lowest BCUT2D eigenvalue weighted by molar-refractivity contribution is -0.138. The third-order valence-corrected chi connectivity index (χ3v) is 3.99. The van der Waals surface area contributed by atoms with Crippen LogP contribution in [-0.4, -0.2) is 50.8 Å². The van der Waals surface area contributed by atoms with Crippen LogP contribution in [0.3, 0.4) is 0 Å². The molecule has 1 aliphatic rings. The first-order valence-corrected chi connectivity index (χ1v) is 7.37. The molecule has 0 radical (unpaired) electrons. The van der Waals surface area contributed by atoms with Crippen molar-refractivity contribution in [3.63, 3.8) is 0 Å². The van der Waals surface area contributed by atoms with E-state index < -0.39 is 17.6 Å². The second-order valence-electron chi connectivity index (χ2n) is 5.59. The number of piperazine rings is 1. The Kier molecular flexibility index (Phi) is 4.39. The molecular weight excluding hydrogens is 328 g/mol. The summed E-state index contributed by atoms with van der Waals surface area (Å²) in [6.45, 7) is 2.84. The molecule has 0 spiro atoms. The molecule has 2 aromatic heterocycles. The van der Waals surface area contributed by atoms with E-state index in [1.54, 1.807) is 16.6 Å². The molecular formula is C14H16F4N6. The predicted octanol–water partition coefficient (Wildman–Crippen LogP) is 1.69. The lowest BCUT2D eigenvalue weighted by Crippen LogP contribution is -2.46. The van der Waals surface area contributed by atoms with Crippen LogP contribution in [0.2, 0.25) is 0 Å². The Hall–Kier alpha value is -2.23. The number of hydrogen-bond donors (Lipinski definition) is 0. The number of hydrogen-bond acceptors (Lipinski definition) is 5. The minimum absolute atomic E-state index is 0.0405. The van der Waals surface area contributed by atoms with Crippen molar-refractivity contribution >= 4 is 5.82 Å².